The monoisotopic (exact) mass is 148 g/mol. The van der Waals surface area contributed by atoms with E-state index in [-0.39, 0.29) is 0 Å². The predicted octanol–water partition coefficient (Wildman–Crippen LogP) is 1.32. The van der Waals surface area contributed by atoms with Crippen LogP contribution in [-0.2, 0) is 0 Å². The maximum atomic E-state index is 5.42. The van der Waals surface area contributed by atoms with Gasteiger partial charge >= 0.3 is 0 Å². The van der Waals surface area contributed by atoms with Crippen molar-refractivity contribution in [3.05, 3.63) is 24.3 Å². The SMILES string of the molecule is CN1CCOc2ccc[c]c21. The van der Waals surface area contributed by atoms with E-state index in [1.807, 2.05) is 18.2 Å². The second-order valence-electron chi connectivity index (χ2n) is 2.65. The molecule has 0 fully saturated rings. The van der Waals surface area contributed by atoms with Crippen LogP contribution in [0, 0.1) is 6.07 Å². The van der Waals surface area contributed by atoms with E-state index in [0.717, 1.165) is 24.6 Å². The minimum Gasteiger partial charge on any atom is -0.490 e. The van der Waals surface area contributed by atoms with E-state index in [9.17, 15) is 0 Å². The first kappa shape index (κ1) is 6.53. The number of hydrogen-bond acceptors (Lipinski definition) is 2. The van der Waals surface area contributed by atoms with Crippen LogP contribution in [0.4, 0.5) is 5.69 Å². The van der Waals surface area contributed by atoms with Crippen LogP contribution < -0.4 is 9.64 Å². The standard InChI is InChI=1S/C9H10NO/c1-10-6-7-11-9-5-3-2-4-8(9)10/h2-3,5H,6-7H2,1H3. The smallest absolute Gasteiger partial charge is 0.143 e. The zero-order valence-corrected chi connectivity index (χ0v) is 6.50. The first-order valence-electron chi connectivity index (χ1n) is 3.72. The Morgan fingerprint density at radius 1 is 1.64 bits per heavy atom. The molecule has 0 amide bonds. The highest BCUT2D eigenvalue weighted by atomic mass is 16.5. The summed E-state index contributed by atoms with van der Waals surface area (Å²) in [6.45, 7) is 1.73. The van der Waals surface area contributed by atoms with Crippen molar-refractivity contribution in [1.29, 1.82) is 0 Å². The molecule has 2 rings (SSSR count). The Bertz CT molecular complexity index is 259. The lowest BCUT2D eigenvalue weighted by Gasteiger charge is -2.26. The minimum atomic E-state index is 0.779. The largest absolute Gasteiger partial charge is 0.490 e. The number of nitrogens with zero attached hydrogens (tertiary/aromatic N) is 1. The summed E-state index contributed by atoms with van der Waals surface area (Å²) < 4.78 is 5.42. The van der Waals surface area contributed by atoms with Crippen LogP contribution >= 0.6 is 0 Å². The van der Waals surface area contributed by atoms with Crippen LogP contribution in [0.15, 0.2) is 18.2 Å². The Balaban J connectivity index is 2.44. The first-order valence-corrected chi connectivity index (χ1v) is 3.72. The van der Waals surface area contributed by atoms with Gasteiger partial charge in [0.25, 0.3) is 0 Å². The van der Waals surface area contributed by atoms with Gasteiger partial charge < -0.3 is 9.64 Å². The highest BCUT2D eigenvalue weighted by Gasteiger charge is 2.12. The maximum absolute atomic E-state index is 5.42. The van der Waals surface area contributed by atoms with E-state index in [0.29, 0.717) is 0 Å². The number of ether oxygens (including phenoxy) is 1. The molecule has 0 aromatic heterocycles. The number of likely N-dealkylation sites (N-methyl/N-ethyl adjacent to an activating group) is 1. The molecule has 0 saturated carbocycles. The van der Waals surface area contributed by atoms with Crippen LogP contribution in [0.25, 0.3) is 0 Å². The van der Waals surface area contributed by atoms with E-state index in [2.05, 4.69) is 18.0 Å². The van der Waals surface area contributed by atoms with E-state index < -0.39 is 0 Å². The molecule has 0 spiro atoms. The van der Waals surface area contributed by atoms with Crippen molar-refractivity contribution in [2.24, 2.45) is 0 Å². The topological polar surface area (TPSA) is 12.5 Å². The highest BCUT2D eigenvalue weighted by Crippen LogP contribution is 2.28. The van der Waals surface area contributed by atoms with Crippen molar-refractivity contribution < 1.29 is 4.74 Å². The normalized spacial score (nSPS) is 15.5. The molecule has 0 aliphatic carbocycles. The van der Waals surface area contributed by atoms with Gasteiger partial charge in [0, 0.05) is 13.1 Å². The Morgan fingerprint density at radius 2 is 2.55 bits per heavy atom. The van der Waals surface area contributed by atoms with Crippen molar-refractivity contribution in [3.63, 3.8) is 0 Å². The van der Waals surface area contributed by atoms with Crippen LogP contribution in [-0.4, -0.2) is 20.2 Å². The second-order valence-corrected chi connectivity index (χ2v) is 2.65. The third-order valence-electron chi connectivity index (χ3n) is 1.86. The van der Waals surface area contributed by atoms with Crippen molar-refractivity contribution in [1.82, 2.24) is 0 Å². The van der Waals surface area contributed by atoms with E-state index in [1.165, 1.54) is 0 Å². The van der Waals surface area contributed by atoms with Crippen LogP contribution in [0.5, 0.6) is 5.75 Å². The molecule has 0 N–H and O–H groups in total. The van der Waals surface area contributed by atoms with Gasteiger partial charge in [-0.05, 0) is 6.07 Å². The summed E-state index contributed by atoms with van der Waals surface area (Å²) in [4.78, 5) is 2.15. The van der Waals surface area contributed by atoms with Crippen molar-refractivity contribution in [2.45, 2.75) is 0 Å². The molecule has 1 aromatic carbocycles. The Kier molecular flexibility index (Phi) is 1.46. The molecule has 1 aliphatic rings. The Morgan fingerprint density at radius 3 is 3.36 bits per heavy atom. The van der Waals surface area contributed by atoms with E-state index >= 15 is 0 Å². The first-order chi connectivity index (χ1) is 5.38. The summed E-state index contributed by atoms with van der Waals surface area (Å²) in [6, 6.07) is 8.96. The summed E-state index contributed by atoms with van der Waals surface area (Å²) >= 11 is 0. The fraction of sp³-hybridized carbons (Fsp3) is 0.333. The molecule has 1 heterocycles. The number of para-hydroxylation sites is 1. The fourth-order valence-electron chi connectivity index (χ4n) is 1.23. The molecular weight excluding hydrogens is 138 g/mol. The number of rotatable bonds is 0. The lowest BCUT2D eigenvalue weighted by molar-refractivity contribution is 0.311. The van der Waals surface area contributed by atoms with Gasteiger partial charge in [0.15, 0.2) is 0 Å². The van der Waals surface area contributed by atoms with Gasteiger partial charge in [0.1, 0.15) is 12.4 Å². The zero-order valence-electron chi connectivity index (χ0n) is 6.50. The lowest BCUT2D eigenvalue weighted by Crippen LogP contribution is -2.28. The molecule has 57 valence electrons. The van der Waals surface area contributed by atoms with Crippen LogP contribution in [0.2, 0.25) is 0 Å². The molecule has 0 bridgehead atoms. The lowest BCUT2D eigenvalue weighted by atomic mass is 10.2. The van der Waals surface area contributed by atoms with Crippen LogP contribution in [0.1, 0.15) is 0 Å². The van der Waals surface area contributed by atoms with Crippen molar-refractivity contribution in [2.75, 3.05) is 25.1 Å². The molecule has 2 nitrogen and oxygen atoms in total. The summed E-state index contributed by atoms with van der Waals surface area (Å²) in [5, 5.41) is 0. The summed E-state index contributed by atoms with van der Waals surface area (Å²) in [5.74, 6) is 0.946. The Hall–Kier alpha value is -1.18. The van der Waals surface area contributed by atoms with Gasteiger partial charge in [-0.15, -0.1) is 0 Å². The second kappa shape index (κ2) is 2.46. The molecular formula is C9H10NO. The molecule has 0 saturated heterocycles. The molecule has 1 aliphatic heterocycles. The van der Waals surface area contributed by atoms with Crippen LogP contribution in [0.3, 0.4) is 0 Å². The van der Waals surface area contributed by atoms with Gasteiger partial charge in [-0.25, -0.2) is 0 Å². The average Bonchev–Trinajstić information content (AvgIpc) is 2.06. The fourth-order valence-corrected chi connectivity index (χ4v) is 1.23. The molecule has 1 aromatic rings. The third kappa shape index (κ3) is 1.04. The zero-order chi connectivity index (χ0) is 7.68. The van der Waals surface area contributed by atoms with E-state index in [4.69, 9.17) is 4.74 Å². The molecule has 0 atom stereocenters. The average molecular weight is 148 g/mol. The quantitative estimate of drug-likeness (QED) is 0.550. The molecule has 0 unspecified atom stereocenters. The van der Waals surface area contributed by atoms with Crippen molar-refractivity contribution >= 4 is 5.69 Å². The molecule has 1 radical (unpaired) electrons. The van der Waals surface area contributed by atoms with Gasteiger partial charge in [0.05, 0.1) is 12.2 Å². The summed E-state index contributed by atoms with van der Waals surface area (Å²) in [6.07, 6.45) is 0. The molecule has 11 heavy (non-hydrogen) atoms. The number of hydrogen-bond donors (Lipinski definition) is 0. The van der Waals surface area contributed by atoms with E-state index in [1.54, 1.807) is 0 Å². The highest BCUT2D eigenvalue weighted by molar-refractivity contribution is 5.58. The van der Waals surface area contributed by atoms with Gasteiger partial charge in [0.2, 0.25) is 0 Å². The van der Waals surface area contributed by atoms with Crippen molar-refractivity contribution in [3.8, 4) is 5.75 Å². The van der Waals surface area contributed by atoms with Gasteiger partial charge in [-0.2, -0.15) is 0 Å². The number of fused-ring (bicyclic) bond motifs is 1. The minimum absolute atomic E-state index is 0.779. The summed E-state index contributed by atoms with van der Waals surface area (Å²) in [5.41, 5.74) is 1.07. The number of anilines is 1. The summed E-state index contributed by atoms with van der Waals surface area (Å²) in [7, 11) is 2.05. The third-order valence-corrected chi connectivity index (χ3v) is 1.86. The van der Waals surface area contributed by atoms with Gasteiger partial charge in [-0.3, -0.25) is 0 Å². The molecule has 2 heteroatoms. The predicted molar refractivity (Wildman–Crippen MR) is 44.0 cm³/mol. The Labute approximate surface area is 66.4 Å². The number of benzene rings is 1. The van der Waals surface area contributed by atoms with Gasteiger partial charge in [-0.1, -0.05) is 12.1 Å². The maximum Gasteiger partial charge on any atom is 0.143 e.